The number of aryl methyl sites for hydroxylation is 4. The number of allylic oxidation sites excluding steroid dienone is 5. The van der Waals surface area contributed by atoms with Gasteiger partial charge in [-0.15, -0.1) is 0 Å². The Hall–Kier alpha value is -8.86. The van der Waals surface area contributed by atoms with Crippen molar-refractivity contribution in [3.8, 4) is 22.3 Å². The van der Waals surface area contributed by atoms with Crippen molar-refractivity contribution in [1.29, 1.82) is 0 Å². The molecule has 0 bridgehead atoms. The van der Waals surface area contributed by atoms with Crippen molar-refractivity contribution in [3.05, 3.63) is 237 Å². The standard InChI is InChI=1S/C78H70N4/c1-43-35-57(36-44(2)51(43)9)79(58-37-45(3)52(10)46(4)38-58)65-31-21-33-67-71(65)61-27-19-29-63-73-70(56-25-17-14-18-26-56)78-74(69(55-23-15-13-16-24-55)77(73)81(67)75(61)63)64-30-20-28-62-72-66(32-22-34-68(72)82(78)76(62)64)80(59-39-47(5)53(11)48(6)40-59)60-41-49(7)54(12)50(8)42-60/h13-41,43,51,60H,42H2,1-12H3. The van der Waals surface area contributed by atoms with Gasteiger partial charge in [0.05, 0.1) is 50.5 Å². The van der Waals surface area contributed by atoms with Crippen LogP contribution in [0.4, 0.5) is 22.7 Å². The van der Waals surface area contributed by atoms with Crippen LogP contribution in [-0.4, -0.2) is 14.8 Å². The molecule has 2 aliphatic carbocycles. The zero-order valence-electron chi connectivity index (χ0n) is 49.5. The number of anilines is 4. The zero-order chi connectivity index (χ0) is 56.3. The summed E-state index contributed by atoms with van der Waals surface area (Å²) in [6.07, 6.45) is 8.44. The monoisotopic (exact) mass is 1060 g/mol. The molecule has 3 unspecified atom stereocenters. The molecule has 0 radical (unpaired) electrons. The third-order valence-corrected chi connectivity index (χ3v) is 20.1. The van der Waals surface area contributed by atoms with Gasteiger partial charge >= 0.3 is 0 Å². The maximum absolute atomic E-state index is 2.68. The largest absolute Gasteiger partial charge is 0.334 e. The lowest BCUT2D eigenvalue weighted by molar-refractivity contribution is 0.518. The summed E-state index contributed by atoms with van der Waals surface area (Å²) in [7, 11) is 0. The second-order valence-electron chi connectivity index (χ2n) is 24.6. The van der Waals surface area contributed by atoms with Crippen molar-refractivity contribution < 1.29 is 0 Å². The Morgan fingerprint density at radius 3 is 1.38 bits per heavy atom. The van der Waals surface area contributed by atoms with E-state index in [2.05, 4.69) is 278 Å². The van der Waals surface area contributed by atoms with Crippen molar-refractivity contribution in [2.45, 2.75) is 95.5 Å². The Balaban J connectivity index is 1.11. The normalized spacial score (nSPS) is 17.0. The van der Waals surface area contributed by atoms with Gasteiger partial charge in [-0.05, 0) is 192 Å². The minimum absolute atomic E-state index is 0.135. The summed E-state index contributed by atoms with van der Waals surface area (Å²) in [4.78, 5) is 5.25. The fraction of sp³-hybridized carbons (Fsp3) is 0.205. The first-order chi connectivity index (χ1) is 39.7. The number of fused-ring (bicyclic) bond motifs is 12. The maximum Gasteiger partial charge on any atom is 0.0634 e. The lowest BCUT2D eigenvalue weighted by Gasteiger charge is -2.36. The first-order valence-electron chi connectivity index (χ1n) is 29.7. The van der Waals surface area contributed by atoms with Gasteiger partial charge in [0.1, 0.15) is 0 Å². The molecule has 402 valence electrons. The van der Waals surface area contributed by atoms with E-state index in [1.165, 1.54) is 183 Å². The molecule has 4 nitrogen and oxygen atoms in total. The molecule has 13 aromatic rings. The Labute approximate surface area is 481 Å². The fourth-order valence-electron chi connectivity index (χ4n) is 15.0. The lowest BCUT2D eigenvalue weighted by atomic mass is 9.84. The minimum Gasteiger partial charge on any atom is -0.334 e. The molecular weight excluding hydrogens is 993 g/mol. The highest BCUT2D eigenvalue weighted by molar-refractivity contribution is 6.39. The van der Waals surface area contributed by atoms with E-state index >= 15 is 0 Å². The first kappa shape index (κ1) is 50.1. The Morgan fingerprint density at radius 1 is 0.439 bits per heavy atom. The Kier molecular flexibility index (Phi) is 11.2. The number of para-hydroxylation sites is 2. The summed E-state index contributed by atoms with van der Waals surface area (Å²) in [5.41, 5.74) is 32.0. The maximum atomic E-state index is 2.68. The third-order valence-electron chi connectivity index (χ3n) is 20.1. The molecule has 0 amide bonds. The van der Waals surface area contributed by atoms with Crippen LogP contribution >= 0.6 is 0 Å². The molecule has 9 aromatic carbocycles. The van der Waals surface area contributed by atoms with E-state index in [0.29, 0.717) is 11.8 Å². The van der Waals surface area contributed by atoms with E-state index in [1.807, 2.05) is 0 Å². The van der Waals surface area contributed by atoms with E-state index < -0.39 is 0 Å². The predicted octanol–water partition coefficient (Wildman–Crippen LogP) is 21.6. The molecule has 2 aliphatic rings. The van der Waals surface area contributed by atoms with Crippen LogP contribution in [0.2, 0.25) is 0 Å². The van der Waals surface area contributed by atoms with Crippen LogP contribution < -0.4 is 9.80 Å². The second-order valence-corrected chi connectivity index (χ2v) is 24.6. The number of hydrogen-bond acceptors (Lipinski definition) is 2. The molecule has 4 heteroatoms. The Bertz CT molecular complexity index is 4930. The van der Waals surface area contributed by atoms with E-state index in [1.54, 1.807) is 0 Å². The summed E-state index contributed by atoms with van der Waals surface area (Å²) < 4.78 is 5.35. The van der Waals surface area contributed by atoms with Gasteiger partial charge in [-0.25, -0.2) is 0 Å². The quantitative estimate of drug-likeness (QED) is 0.151. The van der Waals surface area contributed by atoms with Crippen LogP contribution in [0.25, 0.3) is 98.4 Å². The van der Waals surface area contributed by atoms with Gasteiger partial charge in [0, 0.05) is 71.3 Å². The van der Waals surface area contributed by atoms with Crippen LogP contribution in [0.5, 0.6) is 0 Å². The highest BCUT2D eigenvalue weighted by Gasteiger charge is 2.34. The van der Waals surface area contributed by atoms with Crippen LogP contribution in [0, 0.1) is 53.4 Å². The highest BCUT2D eigenvalue weighted by atomic mass is 15.2. The predicted molar refractivity (Wildman–Crippen MR) is 353 cm³/mol. The van der Waals surface area contributed by atoms with Crippen LogP contribution in [-0.2, 0) is 0 Å². The third kappa shape index (κ3) is 7.03. The second kappa shape index (κ2) is 18.3. The zero-order valence-corrected chi connectivity index (χ0v) is 49.5. The molecule has 15 rings (SSSR count). The summed E-state index contributed by atoms with van der Waals surface area (Å²) in [5.74, 6) is 0.856. The van der Waals surface area contributed by atoms with Gasteiger partial charge in [-0.1, -0.05) is 152 Å². The number of rotatable bonds is 8. The fourth-order valence-corrected chi connectivity index (χ4v) is 15.0. The SMILES string of the molecule is CC1=CC(N(c2cc(C)c(C)c(C)c2)c2cccc3c2c2cccc4c5c(-c6ccccc6)c6c(c(-c7ccccc7)c5n3c24)c2cccc3c4c(N(C5=CC(C)C(C)C(C)=C5)c5cc(C)c(C)c(C)c5)cccc4n6c32)CC(C)=C1C. The van der Waals surface area contributed by atoms with Crippen LogP contribution in [0.3, 0.4) is 0 Å². The molecule has 3 atom stereocenters. The van der Waals surface area contributed by atoms with Gasteiger partial charge in [-0.3, -0.25) is 0 Å². The van der Waals surface area contributed by atoms with Gasteiger partial charge in [-0.2, -0.15) is 0 Å². The average molecular weight is 1060 g/mol. The number of hydrogen-bond donors (Lipinski definition) is 0. The summed E-state index contributed by atoms with van der Waals surface area (Å²) in [6.45, 7) is 27.6. The first-order valence-corrected chi connectivity index (χ1v) is 29.7. The van der Waals surface area contributed by atoms with Crippen molar-refractivity contribution in [3.63, 3.8) is 0 Å². The molecule has 4 aromatic heterocycles. The van der Waals surface area contributed by atoms with E-state index in [-0.39, 0.29) is 6.04 Å². The molecule has 0 N–H and O–H groups in total. The molecule has 0 saturated carbocycles. The molecule has 0 fully saturated rings. The molecular formula is C78H70N4. The van der Waals surface area contributed by atoms with Crippen molar-refractivity contribution in [2.24, 2.45) is 11.8 Å². The van der Waals surface area contributed by atoms with E-state index in [4.69, 9.17) is 0 Å². The van der Waals surface area contributed by atoms with Crippen molar-refractivity contribution in [2.75, 3.05) is 9.80 Å². The summed E-state index contributed by atoms with van der Waals surface area (Å²) in [6, 6.07) is 60.8. The molecule has 0 spiro atoms. The number of benzene rings is 9. The topological polar surface area (TPSA) is 15.3 Å². The minimum atomic E-state index is 0.135. The molecule has 0 aliphatic heterocycles. The Morgan fingerprint density at radius 2 is 0.890 bits per heavy atom. The van der Waals surface area contributed by atoms with Crippen LogP contribution in [0.1, 0.15) is 81.3 Å². The molecule has 4 heterocycles. The van der Waals surface area contributed by atoms with Gasteiger partial charge in [0.15, 0.2) is 0 Å². The molecule has 82 heavy (non-hydrogen) atoms. The van der Waals surface area contributed by atoms with Gasteiger partial charge < -0.3 is 18.6 Å². The smallest absolute Gasteiger partial charge is 0.0634 e. The summed E-state index contributed by atoms with van der Waals surface area (Å²) >= 11 is 0. The lowest BCUT2D eigenvalue weighted by Crippen LogP contribution is -2.32. The van der Waals surface area contributed by atoms with Crippen molar-refractivity contribution >= 4 is 98.9 Å². The highest BCUT2D eigenvalue weighted by Crippen LogP contribution is 2.56. The van der Waals surface area contributed by atoms with E-state index in [9.17, 15) is 0 Å². The van der Waals surface area contributed by atoms with Crippen LogP contribution in [0.15, 0.2) is 204 Å². The molecule has 0 saturated heterocycles. The average Bonchev–Trinajstić information content (AvgIpc) is 2.65. The summed E-state index contributed by atoms with van der Waals surface area (Å²) in [5, 5.41) is 10.2. The van der Waals surface area contributed by atoms with Crippen molar-refractivity contribution in [1.82, 2.24) is 8.80 Å². The van der Waals surface area contributed by atoms with E-state index in [0.717, 1.165) is 6.42 Å². The van der Waals surface area contributed by atoms with Gasteiger partial charge in [0.2, 0.25) is 0 Å². The number of aromatic nitrogens is 2. The van der Waals surface area contributed by atoms with Gasteiger partial charge in [0.25, 0.3) is 0 Å². The number of nitrogens with zero attached hydrogens (tertiary/aromatic N) is 4.